The molecule has 0 aliphatic rings. The van der Waals surface area contributed by atoms with Gasteiger partial charge in [0.2, 0.25) is 0 Å². The molecule has 0 atom stereocenters. The van der Waals surface area contributed by atoms with Crippen LogP contribution in [0, 0.1) is 0 Å². The van der Waals surface area contributed by atoms with Gasteiger partial charge in [-0.3, -0.25) is 10.2 Å². The highest BCUT2D eigenvalue weighted by Gasteiger charge is 2.10. The van der Waals surface area contributed by atoms with E-state index in [1.54, 1.807) is 6.20 Å². The maximum atomic E-state index is 5.51. The topological polar surface area (TPSA) is 86.6 Å². The molecular weight excluding hydrogens is 204 g/mol. The molecule has 0 unspecified atom stereocenters. The van der Waals surface area contributed by atoms with Crippen molar-refractivity contribution >= 4 is 0 Å². The first-order valence-electron chi connectivity index (χ1n) is 5.22. The number of aromatic nitrogens is 4. The van der Waals surface area contributed by atoms with Crippen LogP contribution in [0.25, 0.3) is 11.4 Å². The van der Waals surface area contributed by atoms with E-state index < -0.39 is 0 Å². The third kappa shape index (κ3) is 2.29. The third-order valence-electron chi connectivity index (χ3n) is 2.44. The molecule has 6 heteroatoms. The van der Waals surface area contributed by atoms with Crippen molar-refractivity contribution in [2.45, 2.75) is 6.54 Å². The highest BCUT2D eigenvalue weighted by molar-refractivity contribution is 5.57. The van der Waals surface area contributed by atoms with Crippen molar-refractivity contribution in [2.24, 2.45) is 5.73 Å². The molecule has 0 fully saturated rings. The number of nitrogens with one attached hydrogen (secondary N) is 2. The highest BCUT2D eigenvalue weighted by Crippen LogP contribution is 2.18. The lowest BCUT2D eigenvalue weighted by Gasteiger charge is -2.14. The van der Waals surface area contributed by atoms with Crippen molar-refractivity contribution in [2.75, 3.05) is 20.1 Å². The number of nitrogens with zero attached hydrogens (tertiary/aromatic N) is 3. The fourth-order valence-electron chi connectivity index (χ4n) is 1.65. The quantitative estimate of drug-likeness (QED) is 0.671. The Hall–Kier alpha value is -1.66. The lowest BCUT2D eigenvalue weighted by Crippen LogP contribution is -2.25. The summed E-state index contributed by atoms with van der Waals surface area (Å²) in [5.41, 5.74) is 8.59. The molecule has 0 aliphatic carbocycles. The summed E-state index contributed by atoms with van der Waals surface area (Å²) in [6.07, 6.45) is 3.56. The van der Waals surface area contributed by atoms with E-state index in [2.05, 4.69) is 25.3 Å². The van der Waals surface area contributed by atoms with E-state index in [1.165, 1.54) is 0 Å². The molecule has 0 saturated heterocycles. The van der Waals surface area contributed by atoms with Crippen LogP contribution >= 0.6 is 0 Å². The van der Waals surface area contributed by atoms with E-state index >= 15 is 0 Å². The van der Waals surface area contributed by atoms with Crippen molar-refractivity contribution in [1.29, 1.82) is 0 Å². The molecule has 6 nitrogen and oxygen atoms in total. The molecule has 0 saturated carbocycles. The van der Waals surface area contributed by atoms with Crippen LogP contribution in [0.1, 0.15) is 5.56 Å². The molecule has 4 N–H and O–H groups in total. The predicted octanol–water partition coefficient (Wildman–Crippen LogP) is 0.190. The summed E-state index contributed by atoms with van der Waals surface area (Å²) in [6, 6.07) is 1.92. The summed E-state index contributed by atoms with van der Waals surface area (Å²) in [5, 5.41) is 13.9. The number of aromatic amines is 2. The molecule has 0 bridgehead atoms. The summed E-state index contributed by atoms with van der Waals surface area (Å²) >= 11 is 0. The first-order chi connectivity index (χ1) is 7.81. The van der Waals surface area contributed by atoms with Crippen LogP contribution < -0.4 is 5.73 Å². The number of H-pyrrole nitrogens is 2. The van der Waals surface area contributed by atoms with Gasteiger partial charge < -0.3 is 10.6 Å². The first-order valence-corrected chi connectivity index (χ1v) is 5.22. The normalized spacial score (nSPS) is 11.2. The van der Waals surface area contributed by atoms with E-state index in [0.29, 0.717) is 6.54 Å². The molecular formula is C10H16N6. The Morgan fingerprint density at radius 3 is 2.94 bits per heavy atom. The standard InChI is InChI=1S/C10H16N6/c1-16(5-3-11)7-8-6-13-15-10(8)9-2-4-12-14-9/h2,4,6H,3,5,7,11H2,1H3,(H,12,14)(H,13,15). The number of nitrogens with two attached hydrogens (primary N) is 1. The van der Waals surface area contributed by atoms with Crippen molar-refractivity contribution in [1.82, 2.24) is 25.3 Å². The minimum atomic E-state index is 0.660. The lowest BCUT2D eigenvalue weighted by molar-refractivity contribution is 0.337. The minimum absolute atomic E-state index is 0.660. The van der Waals surface area contributed by atoms with Gasteiger partial charge in [0.15, 0.2) is 0 Å². The molecule has 86 valence electrons. The highest BCUT2D eigenvalue weighted by atomic mass is 15.2. The average Bonchev–Trinajstić information content (AvgIpc) is 2.86. The number of hydrogen-bond donors (Lipinski definition) is 3. The van der Waals surface area contributed by atoms with E-state index in [1.807, 2.05) is 19.3 Å². The molecule has 0 spiro atoms. The summed E-state index contributed by atoms with van der Waals surface area (Å²) < 4.78 is 0. The Balaban J connectivity index is 2.14. The molecule has 2 aromatic heterocycles. The summed E-state index contributed by atoms with van der Waals surface area (Å²) in [7, 11) is 2.04. The Labute approximate surface area is 93.8 Å². The van der Waals surface area contributed by atoms with Crippen molar-refractivity contribution in [3.8, 4) is 11.4 Å². The van der Waals surface area contributed by atoms with Crippen LogP contribution in [0.15, 0.2) is 18.5 Å². The Bertz CT molecular complexity index is 418. The minimum Gasteiger partial charge on any atom is -0.329 e. The molecule has 2 rings (SSSR count). The summed E-state index contributed by atoms with van der Waals surface area (Å²) in [5.74, 6) is 0. The molecule has 0 amide bonds. The monoisotopic (exact) mass is 220 g/mol. The predicted molar refractivity (Wildman–Crippen MR) is 61.6 cm³/mol. The van der Waals surface area contributed by atoms with Crippen LogP contribution in [0.3, 0.4) is 0 Å². The van der Waals surface area contributed by atoms with E-state index in [9.17, 15) is 0 Å². The second-order valence-electron chi connectivity index (χ2n) is 3.77. The maximum absolute atomic E-state index is 5.51. The van der Waals surface area contributed by atoms with Gasteiger partial charge >= 0.3 is 0 Å². The molecule has 2 heterocycles. The fraction of sp³-hybridized carbons (Fsp3) is 0.400. The number of likely N-dealkylation sites (N-methyl/N-ethyl adjacent to an activating group) is 1. The van der Waals surface area contributed by atoms with Crippen LogP contribution in [-0.2, 0) is 6.54 Å². The zero-order valence-corrected chi connectivity index (χ0v) is 9.27. The van der Waals surface area contributed by atoms with Gasteiger partial charge in [-0.1, -0.05) is 0 Å². The second kappa shape index (κ2) is 4.91. The van der Waals surface area contributed by atoms with Gasteiger partial charge in [0.05, 0.1) is 17.6 Å². The van der Waals surface area contributed by atoms with Gasteiger partial charge in [-0.25, -0.2) is 0 Å². The van der Waals surface area contributed by atoms with Crippen molar-refractivity contribution < 1.29 is 0 Å². The van der Waals surface area contributed by atoms with Gasteiger partial charge in [0.25, 0.3) is 0 Å². The molecule has 0 aromatic carbocycles. The van der Waals surface area contributed by atoms with Crippen LogP contribution in [0.2, 0.25) is 0 Å². The van der Waals surface area contributed by atoms with Crippen LogP contribution in [0.4, 0.5) is 0 Å². The van der Waals surface area contributed by atoms with Gasteiger partial charge in [0, 0.05) is 31.4 Å². The number of rotatable bonds is 5. The second-order valence-corrected chi connectivity index (χ2v) is 3.77. The Morgan fingerprint density at radius 1 is 1.38 bits per heavy atom. The average molecular weight is 220 g/mol. The Kier molecular flexibility index (Phi) is 3.33. The SMILES string of the molecule is CN(CCN)Cc1cn[nH]c1-c1ccn[nH]1. The van der Waals surface area contributed by atoms with E-state index in [-0.39, 0.29) is 0 Å². The molecule has 2 aromatic rings. The van der Waals surface area contributed by atoms with E-state index in [4.69, 9.17) is 5.73 Å². The number of hydrogen-bond acceptors (Lipinski definition) is 4. The maximum Gasteiger partial charge on any atom is 0.0873 e. The van der Waals surface area contributed by atoms with Crippen molar-refractivity contribution in [3.63, 3.8) is 0 Å². The van der Waals surface area contributed by atoms with Crippen LogP contribution in [-0.4, -0.2) is 45.4 Å². The zero-order valence-electron chi connectivity index (χ0n) is 9.27. The smallest absolute Gasteiger partial charge is 0.0873 e. The molecule has 0 radical (unpaired) electrons. The largest absolute Gasteiger partial charge is 0.329 e. The van der Waals surface area contributed by atoms with Gasteiger partial charge in [-0.15, -0.1) is 0 Å². The van der Waals surface area contributed by atoms with E-state index in [0.717, 1.165) is 30.0 Å². The zero-order chi connectivity index (χ0) is 11.4. The molecule has 0 aliphatic heterocycles. The third-order valence-corrected chi connectivity index (χ3v) is 2.44. The first kappa shape index (κ1) is 10.8. The van der Waals surface area contributed by atoms with Gasteiger partial charge in [0.1, 0.15) is 0 Å². The molecule has 16 heavy (non-hydrogen) atoms. The van der Waals surface area contributed by atoms with Crippen LogP contribution in [0.5, 0.6) is 0 Å². The lowest BCUT2D eigenvalue weighted by atomic mass is 10.2. The van der Waals surface area contributed by atoms with Crippen molar-refractivity contribution in [3.05, 3.63) is 24.0 Å². The van der Waals surface area contributed by atoms with Gasteiger partial charge in [-0.05, 0) is 13.1 Å². The van der Waals surface area contributed by atoms with Gasteiger partial charge in [-0.2, -0.15) is 10.2 Å². The summed E-state index contributed by atoms with van der Waals surface area (Å²) in [4.78, 5) is 2.16. The summed E-state index contributed by atoms with van der Waals surface area (Å²) in [6.45, 7) is 2.35. The fourth-order valence-corrected chi connectivity index (χ4v) is 1.65. The Morgan fingerprint density at radius 2 is 2.25 bits per heavy atom.